The third-order valence-corrected chi connectivity index (χ3v) is 4.70. The third kappa shape index (κ3) is 4.52. The van der Waals surface area contributed by atoms with E-state index in [9.17, 15) is 9.18 Å². The van der Waals surface area contributed by atoms with Crippen molar-refractivity contribution in [2.24, 2.45) is 5.73 Å². The van der Waals surface area contributed by atoms with Crippen LogP contribution in [-0.4, -0.2) is 20.9 Å². The average Bonchev–Trinajstić information content (AvgIpc) is 2.74. The number of anilines is 2. The van der Waals surface area contributed by atoms with Gasteiger partial charge in [-0.15, -0.1) is 0 Å². The standard InChI is InChI=1S/C21H15BrFN5O2/c22-14-1-3-18(16(23)9-14)28-21-26-10-13-8-15(2-4-17(13)27-21)30-11-12-5-6-25-19(7-12)20(24)29/h1-10H,11H2,(H2,24,29)(H,26,27,28). The van der Waals surface area contributed by atoms with Crippen molar-refractivity contribution in [1.29, 1.82) is 0 Å². The summed E-state index contributed by atoms with van der Waals surface area (Å²) in [5.74, 6) is -0.101. The Morgan fingerprint density at radius 2 is 2.00 bits per heavy atom. The van der Waals surface area contributed by atoms with E-state index in [0.717, 1.165) is 10.9 Å². The molecule has 0 saturated heterocycles. The Morgan fingerprint density at radius 3 is 2.80 bits per heavy atom. The Hall–Kier alpha value is -3.59. The first-order chi connectivity index (χ1) is 14.5. The number of hydrogen-bond donors (Lipinski definition) is 2. The Bertz CT molecular complexity index is 1250. The minimum atomic E-state index is -0.591. The van der Waals surface area contributed by atoms with Gasteiger partial charge in [-0.1, -0.05) is 15.9 Å². The molecule has 0 saturated carbocycles. The van der Waals surface area contributed by atoms with E-state index in [-0.39, 0.29) is 23.9 Å². The second-order valence-electron chi connectivity index (χ2n) is 6.37. The molecule has 4 rings (SSSR count). The maximum atomic E-state index is 14.0. The van der Waals surface area contributed by atoms with Crippen LogP contribution < -0.4 is 15.8 Å². The summed E-state index contributed by atoms with van der Waals surface area (Å²) in [6.45, 7) is 0.248. The van der Waals surface area contributed by atoms with Crippen LogP contribution in [-0.2, 0) is 6.61 Å². The second-order valence-corrected chi connectivity index (χ2v) is 7.28. The zero-order valence-electron chi connectivity index (χ0n) is 15.5. The maximum Gasteiger partial charge on any atom is 0.267 e. The maximum absolute atomic E-state index is 14.0. The summed E-state index contributed by atoms with van der Waals surface area (Å²) in [4.78, 5) is 23.8. The van der Waals surface area contributed by atoms with Crippen LogP contribution in [0.3, 0.4) is 0 Å². The van der Waals surface area contributed by atoms with Crippen molar-refractivity contribution in [3.63, 3.8) is 0 Å². The number of ether oxygens (including phenoxy) is 1. The molecule has 0 bridgehead atoms. The topological polar surface area (TPSA) is 103 Å². The molecule has 30 heavy (non-hydrogen) atoms. The lowest BCUT2D eigenvalue weighted by Crippen LogP contribution is -2.13. The van der Waals surface area contributed by atoms with E-state index in [0.29, 0.717) is 15.7 Å². The largest absolute Gasteiger partial charge is 0.489 e. The van der Waals surface area contributed by atoms with Gasteiger partial charge >= 0.3 is 0 Å². The summed E-state index contributed by atoms with van der Waals surface area (Å²) < 4.78 is 20.4. The first kappa shape index (κ1) is 19.7. The zero-order chi connectivity index (χ0) is 21.1. The molecule has 4 aromatic rings. The van der Waals surface area contributed by atoms with Gasteiger partial charge in [0.15, 0.2) is 0 Å². The van der Waals surface area contributed by atoms with Gasteiger partial charge in [0.05, 0.1) is 11.2 Å². The lowest BCUT2D eigenvalue weighted by Gasteiger charge is -2.09. The third-order valence-electron chi connectivity index (χ3n) is 4.21. The van der Waals surface area contributed by atoms with Gasteiger partial charge in [0.2, 0.25) is 5.95 Å². The first-order valence-corrected chi connectivity index (χ1v) is 9.64. The summed E-state index contributed by atoms with van der Waals surface area (Å²) in [5.41, 5.74) is 7.16. The fourth-order valence-electron chi connectivity index (χ4n) is 2.74. The van der Waals surface area contributed by atoms with Crippen molar-refractivity contribution < 1.29 is 13.9 Å². The number of rotatable bonds is 6. The molecule has 0 atom stereocenters. The van der Waals surface area contributed by atoms with Gasteiger partial charge in [-0.25, -0.2) is 14.4 Å². The highest BCUT2D eigenvalue weighted by molar-refractivity contribution is 9.10. The lowest BCUT2D eigenvalue weighted by molar-refractivity contribution is 0.0995. The molecular weight excluding hydrogens is 453 g/mol. The highest BCUT2D eigenvalue weighted by atomic mass is 79.9. The van der Waals surface area contributed by atoms with Crippen LogP contribution in [0, 0.1) is 5.82 Å². The van der Waals surface area contributed by atoms with E-state index in [1.54, 1.807) is 48.7 Å². The number of pyridine rings is 1. The number of nitrogens with two attached hydrogens (primary N) is 1. The molecule has 3 N–H and O–H groups in total. The van der Waals surface area contributed by atoms with Gasteiger partial charge < -0.3 is 15.8 Å². The van der Waals surface area contributed by atoms with Crippen LogP contribution >= 0.6 is 15.9 Å². The molecule has 2 aromatic heterocycles. The fraction of sp³-hybridized carbons (Fsp3) is 0.0476. The van der Waals surface area contributed by atoms with Gasteiger partial charge in [-0.2, -0.15) is 0 Å². The van der Waals surface area contributed by atoms with Gasteiger partial charge in [0, 0.05) is 22.3 Å². The van der Waals surface area contributed by atoms with Crippen molar-refractivity contribution in [2.75, 3.05) is 5.32 Å². The van der Waals surface area contributed by atoms with Gasteiger partial charge in [0.25, 0.3) is 5.91 Å². The Labute approximate surface area is 179 Å². The van der Waals surface area contributed by atoms with Gasteiger partial charge in [-0.05, 0) is 54.1 Å². The normalized spacial score (nSPS) is 10.7. The van der Waals surface area contributed by atoms with E-state index in [1.807, 2.05) is 0 Å². The molecule has 150 valence electrons. The molecule has 9 heteroatoms. The first-order valence-electron chi connectivity index (χ1n) is 8.84. The van der Waals surface area contributed by atoms with E-state index >= 15 is 0 Å². The molecule has 0 spiro atoms. The predicted molar refractivity (Wildman–Crippen MR) is 114 cm³/mol. The molecule has 0 unspecified atom stereocenters. The van der Waals surface area contributed by atoms with Crippen LogP contribution in [0.5, 0.6) is 5.75 Å². The molecule has 0 fully saturated rings. The number of hydrogen-bond acceptors (Lipinski definition) is 6. The number of carbonyl (C=O) groups excluding carboxylic acids is 1. The molecule has 7 nitrogen and oxygen atoms in total. The molecule has 0 aliphatic heterocycles. The summed E-state index contributed by atoms with van der Waals surface area (Å²) in [6.07, 6.45) is 3.14. The second kappa shape index (κ2) is 8.42. The number of primary amides is 1. The SMILES string of the molecule is NC(=O)c1cc(COc2ccc3nc(Nc4ccc(Br)cc4F)ncc3c2)ccn1. The lowest BCUT2D eigenvalue weighted by atomic mass is 10.2. The van der Waals surface area contributed by atoms with Crippen molar-refractivity contribution in [1.82, 2.24) is 15.0 Å². The van der Waals surface area contributed by atoms with Crippen LogP contribution in [0.15, 0.2) is 65.4 Å². The highest BCUT2D eigenvalue weighted by Gasteiger charge is 2.08. The zero-order valence-corrected chi connectivity index (χ0v) is 17.1. The Morgan fingerprint density at radius 1 is 1.13 bits per heavy atom. The monoisotopic (exact) mass is 467 g/mol. The summed E-state index contributed by atoms with van der Waals surface area (Å²) in [5, 5.41) is 3.64. The van der Waals surface area contributed by atoms with Gasteiger partial charge in [0.1, 0.15) is 23.9 Å². The molecular formula is C21H15BrFN5O2. The van der Waals surface area contributed by atoms with E-state index < -0.39 is 11.7 Å². The number of benzene rings is 2. The Kier molecular flexibility index (Phi) is 5.53. The van der Waals surface area contributed by atoms with E-state index in [1.165, 1.54) is 12.3 Å². The summed E-state index contributed by atoms with van der Waals surface area (Å²) >= 11 is 3.22. The number of fused-ring (bicyclic) bond motifs is 1. The van der Waals surface area contributed by atoms with Crippen LogP contribution in [0.25, 0.3) is 10.9 Å². The van der Waals surface area contributed by atoms with Gasteiger partial charge in [-0.3, -0.25) is 9.78 Å². The minimum absolute atomic E-state index is 0.185. The fourth-order valence-corrected chi connectivity index (χ4v) is 3.07. The molecule has 2 heterocycles. The predicted octanol–water partition coefficient (Wildman–Crippen LogP) is 4.35. The number of nitrogens with zero attached hydrogens (tertiary/aromatic N) is 3. The summed E-state index contributed by atoms with van der Waals surface area (Å²) in [6, 6.07) is 13.4. The van der Waals surface area contributed by atoms with Crippen molar-refractivity contribution in [3.05, 3.63) is 82.5 Å². The van der Waals surface area contributed by atoms with Crippen molar-refractivity contribution in [3.8, 4) is 5.75 Å². The molecule has 2 aromatic carbocycles. The number of halogens is 2. The smallest absolute Gasteiger partial charge is 0.267 e. The van der Waals surface area contributed by atoms with E-state index in [4.69, 9.17) is 10.5 Å². The number of amides is 1. The van der Waals surface area contributed by atoms with Crippen molar-refractivity contribution in [2.45, 2.75) is 6.61 Å². The van der Waals surface area contributed by atoms with Crippen LogP contribution in [0.4, 0.5) is 16.0 Å². The highest BCUT2D eigenvalue weighted by Crippen LogP contribution is 2.24. The number of carbonyl (C=O) groups is 1. The minimum Gasteiger partial charge on any atom is -0.489 e. The number of aromatic nitrogens is 3. The van der Waals surface area contributed by atoms with Crippen LogP contribution in [0.1, 0.15) is 16.1 Å². The molecule has 0 aliphatic rings. The molecule has 1 amide bonds. The molecule has 0 aliphatic carbocycles. The summed E-state index contributed by atoms with van der Waals surface area (Å²) in [7, 11) is 0. The van der Waals surface area contributed by atoms with E-state index in [2.05, 4.69) is 36.2 Å². The Balaban J connectivity index is 1.49. The average molecular weight is 468 g/mol. The quantitative estimate of drug-likeness (QED) is 0.436. The van der Waals surface area contributed by atoms with Crippen molar-refractivity contribution >= 4 is 44.4 Å². The molecule has 0 radical (unpaired) electrons. The van der Waals surface area contributed by atoms with Crippen LogP contribution in [0.2, 0.25) is 0 Å². The number of nitrogens with one attached hydrogen (secondary N) is 1.